The first-order valence-corrected chi connectivity index (χ1v) is 7.23. The second-order valence-electron chi connectivity index (χ2n) is 4.84. The summed E-state index contributed by atoms with van der Waals surface area (Å²) in [7, 11) is 0. The van der Waals surface area contributed by atoms with Crippen molar-refractivity contribution >= 4 is 17.5 Å². The van der Waals surface area contributed by atoms with Crippen LogP contribution in [-0.2, 0) is 6.54 Å². The van der Waals surface area contributed by atoms with Gasteiger partial charge in [-0.1, -0.05) is 11.6 Å². The van der Waals surface area contributed by atoms with Crippen LogP contribution in [-0.4, -0.2) is 30.6 Å². The molecule has 0 spiro atoms. The Morgan fingerprint density at radius 3 is 2.74 bits per heavy atom. The second kappa shape index (κ2) is 6.53. The van der Waals surface area contributed by atoms with Gasteiger partial charge in [0.1, 0.15) is 6.33 Å². The number of benzene rings is 1. The van der Waals surface area contributed by atoms with Gasteiger partial charge >= 0.3 is 0 Å². The van der Waals surface area contributed by atoms with E-state index in [1.165, 1.54) is 11.0 Å². The van der Waals surface area contributed by atoms with Crippen LogP contribution in [0.2, 0.25) is 5.02 Å². The van der Waals surface area contributed by atoms with Gasteiger partial charge in [-0.25, -0.2) is 15.0 Å². The molecular weight excluding hydrogens is 316 g/mol. The number of aryl methyl sites for hydroxylation is 1. The molecule has 1 N–H and O–H groups in total. The summed E-state index contributed by atoms with van der Waals surface area (Å²) in [5, 5.41) is 7.39. The van der Waals surface area contributed by atoms with E-state index < -0.39 is 0 Å². The Morgan fingerprint density at radius 1 is 1.22 bits per heavy atom. The highest BCUT2D eigenvalue weighted by Crippen LogP contribution is 2.14. The largest absolute Gasteiger partial charge is 0.345 e. The molecule has 0 fully saturated rings. The maximum atomic E-state index is 12.2. The van der Waals surface area contributed by atoms with Crippen molar-refractivity contribution in [3.05, 3.63) is 65.0 Å². The zero-order chi connectivity index (χ0) is 16.2. The van der Waals surface area contributed by atoms with Gasteiger partial charge in [-0.2, -0.15) is 9.78 Å². The minimum Gasteiger partial charge on any atom is -0.345 e. The molecule has 0 saturated carbocycles. The predicted octanol–water partition coefficient (Wildman–Crippen LogP) is 1.95. The Morgan fingerprint density at radius 2 is 2.00 bits per heavy atom. The molecule has 23 heavy (non-hydrogen) atoms. The van der Waals surface area contributed by atoms with Gasteiger partial charge in [0.2, 0.25) is 0 Å². The highest BCUT2D eigenvalue weighted by Gasteiger charge is 2.12. The monoisotopic (exact) mass is 328 g/mol. The predicted molar refractivity (Wildman–Crippen MR) is 84.3 cm³/mol. The molecule has 3 rings (SSSR count). The summed E-state index contributed by atoms with van der Waals surface area (Å²) in [6, 6.07) is 6.90. The highest BCUT2D eigenvalue weighted by atomic mass is 35.5. The maximum absolute atomic E-state index is 12.2. The molecule has 0 aliphatic rings. The molecule has 7 nitrogen and oxygen atoms in total. The summed E-state index contributed by atoms with van der Waals surface area (Å²) >= 11 is 5.98. The fourth-order valence-electron chi connectivity index (χ4n) is 2.08. The van der Waals surface area contributed by atoms with Crippen LogP contribution in [0.3, 0.4) is 0 Å². The van der Waals surface area contributed by atoms with Crippen LogP contribution in [0.25, 0.3) is 5.95 Å². The quantitative estimate of drug-likeness (QED) is 0.791. The number of hydrogen-bond donors (Lipinski definition) is 1. The van der Waals surface area contributed by atoms with Crippen LogP contribution in [0.15, 0.2) is 43.0 Å². The Kier molecular flexibility index (Phi) is 4.29. The van der Waals surface area contributed by atoms with E-state index in [4.69, 9.17) is 11.6 Å². The molecule has 0 radical (unpaired) electrons. The summed E-state index contributed by atoms with van der Waals surface area (Å²) in [5.41, 5.74) is 1.42. The summed E-state index contributed by atoms with van der Waals surface area (Å²) in [4.78, 5) is 24.6. The Balaban J connectivity index is 1.74. The van der Waals surface area contributed by atoms with Crippen LogP contribution in [0, 0.1) is 6.92 Å². The molecule has 2 heterocycles. The topological polar surface area (TPSA) is 85.6 Å². The number of carbonyl (C=O) groups is 1. The zero-order valence-electron chi connectivity index (χ0n) is 12.3. The average molecular weight is 329 g/mol. The third-order valence-corrected chi connectivity index (χ3v) is 3.29. The van der Waals surface area contributed by atoms with Crippen LogP contribution >= 0.6 is 11.6 Å². The molecule has 0 atom stereocenters. The van der Waals surface area contributed by atoms with Gasteiger partial charge in [-0.3, -0.25) is 4.79 Å². The highest BCUT2D eigenvalue weighted by molar-refractivity contribution is 6.31. The summed E-state index contributed by atoms with van der Waals surface area (Å²) in [6.45, 7) is 2.08. The molecule has 0 saturated heterocycles. The maximum Gasteiger partial charge on any atom is 0.252 e. The molecule has 0 bridgehead atoms. The van der Waals surface area contributed by atoms with Crippen LogP contribution < -0.4 is 5.32 Å². The number of nitrogens with one attached hydrogen (secondary N) is 1. The minimum atomic E-state index is -0.237. The van der Waals surface area contributed by atoms with E-state index in [9.17, 15) is 4.79 Å². The third-order valence-electron chi connectivity index (χ3n) is 3.07. The molecule has 0 unspecified atom stereocenters. The SMILES string of the molecule is Cc1cc(Cl)cc(C(=O)NCc2ncnn2-c2ncccn2)c1. The van der Waals surface area contributed by atoms with Gasteiger partial charge in [0, 0.05) is 23.0 Å². The third kappa shape index (κ3) is 3.51. The number of halogens is 1. The van der Waals surface area contributed by atoms with Gasteiger partial charge < -0.3 is 5.32 Å². The fraction of sp³-hybridized carbons (Fsp3) is 0.133. The number of aromatic nitrogens is 5. The average Bonchev–Trinajstić information content (AvgIpc) is 3.01. The lowest BCUT2D eigenvalue weighted by Crippen LogP contribution is -2.25. The van der Waals surface area contributed by atoms with Crippen LogP contribution in [0.1, 0.15) is 21.7 Å². The Labute approximate surface area is 137 Å². The number of amides is 1. The van der Waals surface area contributed by atoms with Crippen molar-refractivity contribution in [2.45, 2.75) is 13.5 Å². The molecular formula is C15H13ClN6O. The molecule has 2 aromatic heterocycles. The van der Waals surface area contributed by atoms with E-state index in [0.717, 1.165) is 5.56 Å². The minimum absolute atomic E-state index is 0.197. The smallest absolute Gasteiger partial charge is 0.252 e. The van der Waals surface area contributed by atoms with Crippen molar-refractivity contribution < 1.29 is 4.79 Å². The lowest BCUT2D eigenvalue weighted by Gasteiger charge is -2.07. The first-order valence-electron chi connectivity index (χ1n) is 6.85. The Bertz CT molecular complexity index is 813. The molecule has 1 aromatic carbocycles. The van der Waals surface area contributed by atoms with E-state index in [-0.39, 0.29) is 12.5 Å². The van der Waals surface area contributed by atoms with Crippen molar-refractivity contribution in [1.82, 2.24) is 30.0 Å². The second-order valence-corrected chi connectivity index (χ2v) is 5.27. The molecule has 8 heteroatoms. The van der Waals surface area contributed by atoms with E-state index in [2.05, 4.69) is 25.4 Å². The van der Waals surface area contributed by atoms with Crippen molar-refractivity contribution in [2.24, 2.45) is 0 Å². The van der Waals surface area contributed by atoms with Crippen LogP contribution in [0.5, 0.6) is 0 Å². The molecule has 0 aliphatic heterocycles. The van der Waals surface area contributed by atoms with Crippen molar-refractivity contribution in [3.63, 3.8) is 0 Å². The van der Waals surface area contributed by atoms with Gasteiger partial charge in [-0.05, 0) is 36.8 Å². The standard InChI is InChI=1S/C15H13ClN6O/c1-10-5-11(7-12(16)6-10)14(23)19-8-13-20-9-21-22(13)15-17-3-2-4-18-15/h2-7,9H,8H2,1H3,(H,19,23). The van der Waals surface area contributed by atoms with Crippen LogP contribution in [0.4, 0.5) is 0 Å². The molecule has 3 aromatic rings. The van der Waals surface area contributed by atoms with Gasteiger partial charge in [-0.15, -0.1) is 0 Å². The summed E-state index contributed by atoms with van der Waals surface area (Å²) < 4.78 is 1.48. The first kappa shape index (κ1) is 15.1. The summed E-state index contributed by atoms with van der Waals surface area (Å²) in [5.74, 6) is 0.690. The van der Waals surface area contributed by atoms with E-state index >= 15 is 0 Å². The molecule has 0 aliphatic carbocycles. The van der Waals surface area contributed by atoms with E-state index in [0.29, 0.717) is 22.4 Å². The number of carbonyl (C=O) groups excluding carboxylic acids is 1. The van der Waals surface area contributed by atoms with E-state index in [1.54, 1.807) is 36.7 Å². The summed E-state index contributed by atoms with van der Waals surface area (Å²) in [6.07, 6.45) is 4.61. The van der Waals surface area contributed by atoms with Gasteiger partial charge in [0.25, 0.3) is 11.9 Å². The lowest BCUT2D eigenvalue weighted by atomic mass is 10.1. The fourth-order valence-corrected chi connectivity index (χ4v) is 2.37. The number of rotatable bonds is 4. The lowest BCUT2D eigenvalue weighted by molar-refractivity contribution is 0.0949. The van der Waals surface area contributed by atoms with Gasteiger partial charge in [0.05, 0.1) is 6.54 Å². The Hall–Kier alpha value is -2.80. The van der Waals surface area contributed by atoms with Gasteiger partial charge in [0.15, 0.2) is 5.82 Å². The number of nitrogens with zero attached hydrogens (tertiary/aromatic N) is 5. The van der Waals surface area contributed by atoms with Crippen molar-refractivity contribution in [1.29, 1.82) is 0 Å². The molecule has 116 valence electrons. The zero-order valence-corrected chi connectivity index (χ0v) is 13.0. The van der Waals surface area contributed by atoms with Crippen molar-refractivity contribution in [3.8, 4) is 5.95 Å². The normalized spacial score (nSPS) is 10.5. The number of hydrogen-bond acceptors (Lipinski definition) is 5. The first-order chi connectivity index (χ1) is 11.1. The molecule has 1 amide bonds. The van der Waals surface area contributed by atoms with Crippen molar-refractivity contribution in [2.75, 3.05) is 0 Å². The van der Waals surface area contributed by atoms with E-state index in [1.807, 2.05) is 6.92 Å².